The summed E-state index contributed by atoms with van der Waals surface area (Å²) in [4.78, 5) is 20.0. The van der Waals surface area contributed by atoms with Gasteiger partial charge in [0, 0.05) is 41.4 Å². The largest absolute Gasteiger partial charge is 0.345 e. The summed E-state index contributed by atoms with van der Waals surface area (Å²) in [5.74, 6) is -0.0122. The Labute approximate surface area is 145 Å². The van der Waals surface area contributed by atoms with Crippen molar-refractivity contribution in [3.63, 3.8) is 0 Å². The molecule has 0 radical (unpaired) electrons. The number of hydrogen-bond donors (Lipinski definition) is 1. The van der Waals surface area contributed by atoms with Crippen LogP contribution in [-0.4, -0.2) is 15.8 Å². The predicted molar refractivity (Wildman–Crippen MR) is 94.1 cm³/mol. The first-order valence-corrected chi connectivity index (χ1v) is 8.35. The number of hydrogen-bond acceptors (Lipinski definition) is 2. The second-order valence-electron chi connectivity index (χ2n) is 4.21. The minimum atomic E-state index is -0.0122. The Morgan fingerprint density at radius 1 is 1.15 bits per heavy atom. The third kappa shape index (κ3) is 2.56. The first-order chi connectivity index (χ1) is 9.56. The highest BCUT2D eigenvalue weighted by Gasteiger charge is 2.17. The third-order valence-electron chi connectivity index (χ3n) is 2.92. The molecule has 0 saturated carbocycles. The highest BCUT2D eigenvalue weighted by atomic mass is 127. The molecule has 0 saturated heterocycles. The number of rotatable bonds is 2. The smallest absolute Gasteiger partial charge is 0.196 e. The molecule has 100 valence electrons. The SMILES string of the molecule is O=C(c1cc(Br)ccc1I)c1c[nH]c2ncc(Br)cc12. The highest BCUT2D eigenvalue weighted by Crippen LogP contribution is 2.26. The van der Waals surface area contributed by atoms with Gasteiger partial charge in [0.05, 0.1) is 0 Å². The lowest BCUT2D eigenvalue weighted by Crippen LogP contribution is -2.03. The van der Waals surface area contributed by atoms with Crippen LogP contribution in [0, 0.1) is 3.57 Å². The number of carbonyl (C=O) groups is 1. The monoisotopic (exact) mass is 504 g/mol. The van der Waals surface area contributed by atoms with Crippen molar-refractivity contribution in [1.29, 1.82) is 0 Å². The Bertz CT molecular complexity index is 829. The van der Waals surface area contributed by atoms with Crippen molar-refractivity contribution in [3.05, 3.63) is 60.3 Å². The Balaban J connectivity index is 2.17. The summed E-state index contributed by atoms with van der Waals surface area (Å²) in [5, 5.41) is 0.820. The third-order valence-corrected chi connectivity index (χ3v) is 4.78. The van der Waals surface area contributed by atoms with Gasteiger partial charge in [-0.05, 0) is 62.8 Å². The molecule has 0 amide bonds. The average Bonchev–Trinajstić information content (AvgIpc) is 2.83. The molecule has 3 nitrogen and oxygen atoms in total. The molecule has 20 heavy (non-hydrogen) atoms. The van der Waals surface area contributed by atoms with Gasteiger partial charge < -0.3 is 4.98 Å². The van der Waals surface area contributed by atoms with E-state index in [2.05, 4.69) is 64.4 Å². The van der Waals surface area contributed by atoms with Gasteiger partial charge in [-0.1, -0.05) is 15.9 Å². The van der Waals surface area contributed by atoms with Crippen LogP contribution >= 0.6 is 54.5 Å². The number of nitrogens with zero attached hydrogens (tertiary/aromatic N) is 1. The number of benzene rings is 1. The van der Waals surface area contributed by atoms with Crippen LogP contribution in [0.5, 0.6) is 0 Å². The van der Waals surface area contributed by atoms with Crippen LogP contribution in [0.25, 0.3) is 11.0 Å². The van der Waals surface area contributed by atoms with E-state index < -0.39 is 0 Å². The van der Waals surface area contributed by atoms with Crippen LogP contribution in [-0.2, 0) is 0 Å². The second kappa shape index (κ2) is 5.57. The average molecular weight is 506 g/mol. The Morgan fingerprint density at radius 3 is 2.75 bits per heavy atom. The maximum atomic E-state index is 12.7. The summed E-state index contributed by atoms with van der Waals surface area (Å²) in [6, 6.07) is 7.58. The van der Waals surface area contributed by atoms with Gasteiger partial charge in [0.1, 0.15) is 5.65 Å². The summed E-state index contributed by atoms with van der Waals surface area (Å²) in [5.41, 5.74) is 2.02. The van der Waals surface area contributed by atoms with Crippen LogP contribution in [0.4, 0.5) is 0 Å². The van der Waals surface area contributed by atoms with E-state index in [9.17, 15) is 4.79 Å². The van der Waals surface area contributed by atoms with Gasteiger partial charge in [-0.3, -0.25) is 4.79 Å². The molecule has 0 atom stereocenters. The normalized spacial score (nSPS) is 10.9. The summed E-state index contributed by atoms with van der Waals surface area (Å²) in [6.45, 7) is 0. The van der Waals surface area contributed by atoms with Crippen LogP contribution < -0.4 is 0 Å². The minimum absolute atomic E-state index is 0.0122. The van der Waals surface area contributed by atoms with Gasteiger partial charge in [0.25, 0.3) is 0 Å². The number of pyridine rings is 1. The zero-order chi connectivity index (χ0) is 14.3. The van der Waals surface area contributed by atoms with Crippen LogP contribution in [0.15, 0.2) is 45.6 Å². The molecule has 1 N–H and O–H groups in total. The van der Waals surface area contributed by atoms with Gasteiger partial charge in [0.15, 0.2) is 5.78 Å². The summed E-state index contributed by atoms with van der Waals surface area (Å²) < 4.78 is 2.66. The molecule has 0 aliphatic heterocycles. The molecule has 1 aromatic carbocycles. The Hall–Kier alpha value is -0.730. The zero-order valence-corrected chi connectivity index (χ0v) is 15.3. The van der Waals surface area contributed by atoms with E-state index in [1.54, 1.807) is 12.4 Å². The Kier molecular flexibility index (Phi) is 3.96. The Morgan fingerprint density at radius 2 is 1.95 bits per heavy atom. The van der Waals surface area contributed by atoms with Crippen molar-refractivity contribution in [2.24, 2.45) is 0 Å². The number of H-pyrrole nitrogens is 1. The van der Waals surface area contributed by atoms with Crippen LogP contribution in [0.3, 0.4) is 0 Å². The van der Waals surface area contributed by atoms with Crippen LogP contribution in [0.1, 0.15) is 15.9 Å². The minimum Gasteiger partial charge on any atom is -0.345 e. The molecule has 6 heteroatoms. The molecule has 3 rings (SSSR count). The van der Waals surface area contributed by atoms with E-state index in [4.69, 9.17) is 0 Å². The molecule has 3 aromatic rings. The topological polar surface area (TPSA) is 45.8 Å². The molecular formula is C14H7Br2IN2O. The maximum absolute atomic E-state index is 12.7. The first kappa shape index (κ1) is 14.2. The molecule has 0 aliphatic rings. The maximum Gasteiger partial charge on any atom is 0.196 e. The summed E-state index contributed by atoms with van der Waals surface area (Å²) >= 11 is 8.96. The molecule has 0 spiro atoms. The zero-order valence-electron chi connectivity index (χ0n) is 9.95. The van der Waals surface area contributed by atoms with Crippen molar-refractivity contribution in [3.8, 4) is 0 Å². The number of aromatic amines is 1. The fraction of sp³-hybridized carbons (Fsp3) is 0. The van der Waals surface area contributed by atoms with Crippen molar-refractivity contribution in [1.82, 2.24) is 9.97 Å². The van der Waals surface area contributed by atoms with Gasteiger partial charge in [-0.15, -0.1) is 0 Å². The molecule has 2 heterocycles. The van der Waals surface area contributed by atoms with E-state index in [1.165, 1.54) is 0 Å². The molecule has 0 aliphatic carbocycles. The molecule has 0 unspecified atom stereocenters. The number of carbonyl (C=O) groups excluding carboxylic acids is 1. The number of aromatic nitrogens is 2. The lowest BCUT2D eigenvalue weighted by molar-refractivity contribution is 0.103. The van der Waals surface area contributed by atoms with Crippen molar-refractivity contribution in [2.45, 2.75) is 0 Å². The van der Waals surface area contributed by atoms with Gasteiger partial charge in [0.2, 0.25) is 0 Å². The van der Waals surface area contributed by atoms with Gasteiger partial charge in [-0.25, -0.2) is 4.98 Å². The predicted octanol–water partition coefficient (Wildman–Crippen LogP) is 4.92. The fourth-order valence-corrected chi connectivity index (χ4v) is 3.26. The van der Waals surface area contributed by atoms with E-state index in [1.807, 2.05) is 24.3 Å². The second-order valence-corrected chi connectivity index (χ2v) is 7.20. The number of fused-ring (bicyclic) bond motifs is 1. The summed E-state index contributed by atoms with van der Waals surface area (Å²) in [7, 11) is 0. The molecule has 0 fully saturated rings. The highest BCUT2D eigenvalue weighted by molar-refractivity contribution is 14.1. The molecule has 0 bridgehead atoms. The molecule has 2 aromatic heterocycles. The lowest BCUT2D eigenvalue weighted by atomic mass is 10.0. The quantitative estimate of drug-likeness (QED) is 0.397. The number of halogens is 3. The van der Waals surface area contributed by atoms with Gasteiger partial charge in [-0.2, -0.15) is 0 Å². The van der Waals surface area contributed by atoms with E-state index in [0.717, 1.165) is 17.9 Å². The van der Waals surface area contributed by atoms with E-state index in [-0.39, 0.29) is 5.78 Å². The van der Waals surface area contributed by atoms with Crippen molar-refractivity contribution < 1.29 is 4.79 Å². The van der Waals surface area contributed by atoms with Gasteiger partial charge >= 0.3 is 0 Å². The van der Waals surface area contributed by atoms with Crippen molar-refractivity contribution in [2.75, 3.05) is 0 Å². The first-order valence-electron chi connectivity index (χ1n) is 5.68. The number of nitrogens with one attached hydrogen (secondary N) is 1. The van der Waals surface area contributed by atoms with E-state index in [0.29, 0.717) is 16.8 Å². The summed E-state index contributed by atoms with van der Waals surface area (Å²) in [6.07, 6.45) is 3.42. The van der Waals surface area contributed by atoms with E-state index >= 15 is 0 Å². The number of ketones is 1. The van der Waals surface area contributed by atoms with Crippen LogP contribution in [0.2, 0.25) is 0 Å². The van der Waals surface area contributed by atoms with Crippen molar-refractivity contribution >= 4 is 71.3 Å². The standard InChI is InChI=1S/C14H7Br2IN2O/c15-7-1-2-12(17)10(3-7)13(20)11-6-19-14-9(11)4-8(16)5-18-14/h1-6H,(H,18,19). The fourth-order valence-electron chi connectivity index (χ4n) is 1.98. The lowest BCUT2D eigenvalue weighted by Gasteiger charge is -2.04. The molecular weight excluding hydrogens is 499 g/mol.